The van der Waals surface area contributed by atoms with Crippen molar-refractivity contribution in [3.05, 3.63) is 82.8 Å². The molecule has 6 N–H and O–H groups in total. The number of carbonyl (C=O) groups excluding carboxylic acids is 2. The summed E-state index contributed by atoms with van der Waals surface area (Å²) in [7, 11) is 0. The van der Waals surface area contributed by atoms with Crippen molar-refractivity contribution >= 4 is 39.3 Å². The van der Waals surface area contributed by atoms with Crippen LogP contribution in [-0.4, -0.2) is 44.4 Å². The fourth-order valence-corrected chi connectivity index (χ4v) is 6.15. The van der Waals surface area contributed by atoms with Crippen LogP contribution in [-0.2, 0) is 16.0 Å². The molecule has 228 valence electrons. The molecule has 2 aromatic heterocycles. The number of anilines is 1. The molecular weight excluding hydrogens is 554 g/mol. The number of H-pyrrole nitrogens is 2. The average molecular weight is 594 g/mol. The van der Waals surface area contributed by atoms with E-state index in [2.05, 4.69) is 25.9 Å². The molecule has 0 bridgehead atoms. The van der Waals surface area contributed by atoms with E-state index in [1.54, 1.807) is 10.9 Å². The van der Waals surface area contributed by atoms with Crippen molar-refractivity contribution in [3.63, 3.8) is 0 Å². The van der Waals surface area contributed by atoms with Crippen molar-refractivity contribution < 1.29 is 9.59 Å². The number of aromatic nitrogens is 4. The van der Waals surface area contributed by atoms with E-state index >= 15 is 0 Å². The summed E-state index contributed by atoms with van der Waals surface area (Å²) in [5.74, 6) is -0.0215. The number of fused-ring (bicyclic) bond motifs is 2. The van der Waals surface area contributed by atoms with Gasteiger partial charge < -0.3 is 16.4 Å². The lowest BCUT2D eigenvalue weighted by Crippen LogP contribution is -2.48. The van der Waals surface area contributed by atoms with Crippen LogP contribution in [0, 0.1) is 11.8 Å². The summed E-state index contributed by atoms with van der Waals surface area (Å²) in [4.78, 5) is 39.6. The summed E-state index contributed by atoms with van der Waals surface area (Å²) < 4.78 is 1.63. The van der Waals surface area contributed by atoms with E-state index in [4.69, 9.17) is 5.73 Å². The Morgan fingerprint density at radius 2 is 1.73 bits per heavy atom. The highest BCUT2D eigenvalue weighted by Gasteiger charge is 2.29. The maximum absolute atomic E-state index is 13.6. The first kappa shape index (κ1) is 29.4. The summed E-state index contributed by atoms with van der Waals surface area (Å²) >= 11 is 0. The smallest absolute Gasteiger partial charge is 0.274 e. The normalized spacial score (nSPS) is 17.6. The second-order valence-electron chi connectivity index (χ2n) is 12.2. The molecule has 5 aromatic rings. The van der Waals surface area contributed by atoms with Crippen LogP contribution in [0.25, 0.3) is 32.9 Å². The predicted octanol–water partition coefficient (Wildman–Crippen LogP) is 4.88. The van der Waals surface area contributed by atoms with Crippen LogP contribution in [0.3, 0.4) is 0 Å². The Morgan fingerprint density at radius 1 is 0.977 bits per heavy atom. The molecule has 44 heavy (non-hydrogen) atoms. The predicted molar refractivity (Wildman–Crippen MR) is 173 cm³/mol. The minimum Gasteiger partial charge on any atom is -0.344 e. The van der Waals surface area contributed by atoms with Gasteiger partial charge in [-0.25, -0.2) is 4.68 Å². The summed E-state index contributed by atoms with van der Waals surface area (Å²) in [6.45, 7) is 4.58. The lowest BCUT2D eigenvalue weighted by molar-refractivity contribution is -0.130. The lowest BCUT2D eigenvalue weighted by atomic mass is 9.81. The van der Waals surface area contributed by atoms with Gasteiger partial charge in [-0.2, -0.15) is 5.10 Å². The first-order valence-corrected chi connectivity index (χ1v) is 15.4. The molecule has 0 unspecified atom stereocenters. The molecule has 0 radical (unpaired) electrons. The zero-order valence-corrected chi connectivity index (χ0v) is 25.1. The number of rotatable bonds is 9. The Kier molecular flexibility index (Phi) is 8.34. The minimum absolute atomic E-state index is 0.0276. The van der Waals surface area contributed by atoms with Crippen molar-refractivity contribution in [1.29, 1.82) is 0 Å². The van der Waals surface area contributed by atoms with Crippen LogP contribution < -0.4 is 21.9 Å². The summed E-state index contributed by atoms with van der Waals surface area (Å²) in [5, 5.41) is 17.8. The molecule has 2 amide bonds. The standard InChI is InChI=1S/C34H39N7O3/c1-20(2)41-34(44)28-14-12-25(16-30(28)40-41)23-7-3-21(4-8-23)15-31(38-32(42)24-9-5-22(18-35)6-10-24)33(43)37-27-13-11-26-19-36-39-29(26)17-27/h3-4,7-8,11-14,16-17,19-20,22,24,31,40H,5-6,9-10,15,18,35H2,1-2H3,(H,36,39)(H,37,43)(H,38,42)/t22-,24-,31-/m0/s1. The number of aromatic amines is 2. The van der Waals surface area contributed by atoms with Crippen molar-refractivity contribution in [3.8, 4) is 11.1 Å². The van der Waals surface area contributed by atoms with E-state index < -0.39 is 6.04 Å². The SMILES string of the molecule is CC(C)n1[nH]c2cc(-c3ccc(C[C@H](NC(=O)[C@H]4CC[C@H](CN)CC4)C(=O)Nc4ccc5cn[nH]c5c4)cc3)ccc2c1=O. The zero-order chi connectivity index (χ0) is 30.8. The summed E-state index contributed by atoms with van der Waals surface area (Å²) in [5.41, 5.74) is 10.9. The second-order valence-corrected chi connectivity index (χ2v) is 12.2. The van der Waals surface area contributed by atoms with Gasteiger partial charge in [0.1, 0.15) is 6.04 Å². The van der Waals surface area contributed by atoms with E-state index in [9.17, 15) is 14.4 Å². The van der Waals surface area contributed by atoms with Crippen LogP contribution in [0.2, 0.25) is 0 Å². The highest BCUT2D eigenvalue weighted by atomic mass is 16.2. The van der Waals surface area contributed by atoms with E-state index in [0.29, 0.717) is 30.0 Å². The Bertz CT molecular complexity index is 1840. The Labute approximate surface area is 255 Å². The highest BCUT2D eigenvalue weighted by molar-refractivity contribution is 5.99. The van der Waals surface area contributed by atoms with Crippen LogP contribution in [0.4, 0.5) is 5.69 Å². The lowest BCUT2D eigenvalue weighted by Gasteiger charge is -2.28. The third kappa shape index (κ3) is 6.16. The van der Waals surface area contributed by atoms with Crippen LogP contribution in [0.15, 0.2) is 71.7 Å². The maximum atomic E-state index is 13.6. The van der Waals surface area contributed by atoms with Crippen LogP contribution >= 0.6 is 0 Å². The maximum Gasteiger partial charge on any atom is 0.274 e. The fourth-order valence-electron chi connectivity index (χ4n) is 6.15. The zero-order valence-electron chi connectivity index (χ0n) is 25.1. The van der Waals surface area contributed by atoms with Gasteiger partial charge in [-0.1, -0.05) is 30.3 Å². The largest absolute Gasteiger partial charge is 0.344 e. The first-order valence-electron chi connectivity index (χ1n) is 15.4. The fraction of sp³-hybridized carbons (Fsp3) is 0.353. The molecule has 0 aliphatic heterocycles. The van der Waals surface area contributed by atoms with Crippen LogP contribution in [0.5, 0.6) is 0 Å². The van der Waals surface area contributed by atoms with Crippen molar-refractivity contribution in [2.45, 2.75) is 58.0 Å². The highest BCUT2D eigenvalue weighted by Crippen LogP contribution is 2.29. The number of hydrogen-bond acceptors (Lipinski definition) is 5. The van der Waals surface area contributed by atoms with E-state index in [1.807, 2.05) is 74.5 Å². The van der Waals surface area contributed by atoms with Crippen molar-refractivity contribution in [2.24, 2.45) is 17.6 Å². The van der Waals surface area contributed by atoms with Gasteiger partial charge in [-0.3, -0.25) is 24.6 Å². The molecule has 10 heteroatoms. The van der Waals surface area contributed by atoms with E-state index in [0.717, 1.165) is 58.8 Å². The molecule has 1 aliphatic carbocycles. The van der Waals surface area contributed by atoms with Gasteiger partial charge in [-0.05, 0) is 99.0 Å². The van der Waals surface area contributed by atoms with Gasteiger partial charge in [-0.15, -0.1) is 0 Å². The Hall–Kier alpha value is -4.70. The molecule has 0 saturated heterocycles. The van der Waals surface area contributed by atoms with Gasteiger partial charge >= 0.3 is 0 Å². The number of nitrogens with two attached hydrogens (primary N) is 1. The van der Waals surface area contributed by atoms with Gasteiger partial charge in [0.15, 0.2) is 0 Å². The summed E-state index contributed by atoms with van der Waals surface area (Å²) in [6.07, 6.45) is 5.49. The van der Waals surface area contributed by atoms with Gasteiger partial charge in [0, 0.05) is 29.5 Å². The van der Waals surface area contributed by atoms with Crippen LogP contribution in [0.1, 0.15) is 51.1 Å². The minimum atomic E-state index is -0.754. The average Bonchev–Trinajstić information content (AvgIpc) is 3.64. The molecule has 10 nitrogen and oxygen atoms in total. The molecular formula is C34H39N7O3. The number of benzene rings is 3. The molecule has 6 rings (SSSR count). The molecule has 1 aliphatic rings. The van der Waals surface area contributed by atoms with Gasteiger partial charge in [0.25, 0.3) is 5.56 Å². The monoisotopic (exact) mass is 593 g/mol. The Morgan fingerprint density at radius 3 is 2.45 bits per heavy atom. The third-order valence-electron chi connectivity index (χ3n) is 8.85. The third-order valence-corrected chi connectivity index (χ3v) is 8.85. The molecule has 2 heterocycles. The van der Waals surface area contributed by atoms with Crippen molar-refractivity contribution in [1.82, 2.24) is 25.3 Å². The number of amides is 2. The number of nitrogens with one attached hydrogen (secondary N) is 4. The number of hydrogen-bond donors (Lipinski definition) is 5. The van der Waals surface area contributed by atoms with Crippen molar-refractivity contribution in [2.75, 3.05) is 11.9 Å². The molecule has 1 saturated carbocycles. The first-order chi connectivity index (χ1) is 21.3. The molecule has 1 atom stereocenters. The van der Waals surface area contributed by atoms with E-state index in [1.165, 1.54) is 0 Å². The molecule has 3 aromatic carbocycles. The molecule has 0 spiro atoms. The van der Waals surface area contributed by atoms with Gasteiger partial charge in [0.05, 0.1) is 22.6 Å². The van der Waals surface area contributed by atoms with Gasteiger partial charge in [0.2, 0.25) is 11.8 Å². The second kappa shape index (κ2) is 12.5. The Balaban J connectivity index is 1.20. The topological polar surface area (TPSA) is 151 Å². The number of nitrogens with zero attached hydrogens (tertiary/aromatic N) is 2. The quantitative estimate of drug-likeness (QED) is 0.165. The number of carbonyl (C=O) groups is 2. The summed E-state index contributed by atoms with van der Waals surface area (Å²) in [6, 6.07) is 18.6. The van der Waals surface area contributed by atoms with E-state index in [-0.39, 0.29) is 29.3 Å². The molecule has 1 fully saturated rings.